The number of rotatable bonds is 2. The number of ether oxygens (including phenoxy) is 1. The van der Waals surface area contributed by atoms with Crippen molar-refractivity contribution in [2.24, 2.45) is 5.10 Å². The molecule has 0 radical (unpaired) electrons. The average molecular weight is 298 g/mol. The quantitative estimate of drug-likeness (QED) is 0.820. The predicted octanol–water partition coefficient (Wildman–Crippen LogP) is 2.03. The van der Waals surface area contributed by atoms with Crippen molar-refractivity contribution >= 4 is 33.8 Å². The first-order chi connectivity index (χ1) is 8.06. The molecule has 0 aliphatic carbocycles. The van der Waals surface area contributed by atoms with E-state index in [9.17, 15) is 4.79 Å². The molecule has 6 heteroatoms. The number of hydrogen-bond acceptors (Lipinski definition) is 3. The maximum Gasteiger partial charge on any atom is 0.277 e. The van der Waals surface area contributed by atoms with Gasteiger partial charge in [0.25, 0.3) is 5.91 Å². The molecular weight excluding hydrogens is 286 g/mol. The second kappa shape index (κ2) is 4.75. The number of aromatic amines is 1. The van der Waals surface area contributed by atoms with Gasteiger partial charge in [-0.3, -0.25) is 4.79 Å². The zero-order valence-electron chi connectivity index (χ0n) is 9.45. The van der Waals surface area contributed by atoms with Crippen LogP contribution >= 0.6 is 15.9 Å². The highest BCUT2D eigenvalue weighted by Gasteiger charge is 2.25. The summed E-state index contributed by atoms with van der Waals surface area (Å²) in [6, 6.07) is 1.87. The lowest BCUT2D eigenvalue weighted by Gasteiger charge is -2.08. The third-order valence-electron chi connectivity index (χ3n) is 2.05. The van der Waals surface area contributed by atoms with E-state index in [2.05, 4.69) is 31.4 Å². The Bertz CT molecular complexity index is 503. The van der Waals surface area contributed by atoms with Gasteiger partial charge in [-0.25, -0.2) is 5.43 Å². The molecule has 1 aromatic heterocycles. The van der Waals surface area contributed by atoms with Crippen LogP contribution in [-0.2, 0) is 9.53 Å². The highest BCUT2D eigenvalue weighted by molar-refractivity contribution is 9.10. The van der Waals surface area contributed by atoms with Gasteiger partial charge in [0.15, 0.2) is 0 Å². The van der Waals surface area contributed by atoms with Crippen LogP contribution in [0.2, 0.25) is 0 Å². The fraction of sp³-hybridized carbons (Fsp3) is 0.273. The van der Waals surface area contributed by atoms with Crippen LogP contribution in [0.3, 0.4) is 0 Å². The zero-order chi connectivity index (χ0) is 12.4. The summed E-state index contributed by atoms with van der Waals surface area (Å²) < 4.78 is 6.37. The van der Waals surface area contributed by atoms with Crippen molar-refractivity contribution in [2.75, 3.05) is 0 Å². The number of carbonyl (C=O) groups excluding carboxylic acids is 1. The summed E-state index contributed by atoms with van der Waals surface area (Å²) in [5.74, 6) is 0.0714. The maximum atomic E-state index is 11.6. The van der Waals surface area contributed by atoms with Crippen molar-refractivity contribution in [1.82, 2.24) is 10.4 Å². The second-order valence-corrected chi connectivity index (χ2v) is 4.77. The van der Waals surface area contributed by atoms with Crippen LogP contribution in [-0.4, -0.2) is 22.9 Å². The van der Waals surface area contributed by atoms with E-state index in [-0.39, 0.29) is 12.0 Å². The van der Waals surface area contributed by atoms with Crippen LogP contribution in [0, 0.1) is 0 Å². The lowest BCUT2D eigenvalue weighted by atomic mass is 10.2. The van der Waals surface area contributed by atoms with Crippen molar-refractivity contribution in [1.29, 1.82) is 0 Å². The Labute approximate surface area is 107 Å². The fourth-order valence-corrected chi connectivity index (χ4v) is 1.74. The molecule has 0 saturated heterocycles. The normalized spacial score (nSPS) is 17.5. The summed E-state index contributed by atoms with van der Waals surface area (Å²) in [6.45, 7) is 3.77. The number of nitrogens with one attached hydrogen (secondary N) is 2. The van der Waals surface area contributed by atoms with E-state index in [1.807, 2.05) is 19.9 Å². The second-order valence-electron chi connectivity index (χ2n) is 3.86. The van der Waals surface area contributed by atoms with Gasteiger partial charge in [0, 0.05) is 16.4 Å². The smallest absolute Gasteiger partial charge is 0.277 e. The Morgan fingerprint density at radius 3 is 2.88 bits per heavy atom. The van der Waals surface area contributed by atoms with Gasteiger partial charge in [0.1, 0.15) is 5.57 Å². The van der Waals surface area contributed by atoms with Gasteiger partial charge in [-0.05, 0) is 41.9 Å². The third kappa shape index (κ3) is 2.76. The summed E-state index contributed by atoms with van der Waals surface area (Å²) in [6.07, 6.45) is 3.47. The zero-order valence-corrected chi connectivity index (χ0v) is 11.0. The average Bonchev–Trinajstić information content (AvgIpc) is 2.78. The van der Waals surface area contributed by atoms with E-state index in [0.29, 0.717) is 11.5 Å². The van der Waals surface area contributed by atoms with Gasteiger partial charge in [-0.2, -0.15) is 0 Å². The number of H-pyrrole nitrogens is 1. The Hall–Kier alpha value is -1.56. The minimum atomic E-state index is -0.258. The first-order valence-corrected chi connectivity index (χ1v) is 5.96. The monoisotopic (exact) mass is 297 g/mol. The largest absolute Gasteiger partial charge is 0.473 e. The van der Waals surface area contributed by atoms with E-state index in [4.69, 9.17) is 4.74 Å². The number of nitrogens with zero attached hydrogens (tertiary/aromatic N) is 1. The molecule has 0 aromatic carbocycles. The summed E-state index contributed by atoms with van der Waals surface area (Å²) in [7, 11) is 0. The molecule has 2 rings (SSSR count). The maximum absolute atomic E-state index is 11.6. The molecule has 0 bridgehead atoms. The molecule has 0 saturated carbocycles. The Kier molecular flexibility index (Phi) is 3.33. The lowest BCUT2D eigenvalue weighted by Crippen LogP contribution is -2.16. The molecule has 2 heterocycles. The molecule has 90 valence electrons. The summed E-state index contributed by atoms with van der Waals surface area (Å²) in [4.78, 5) is 14.6. The lowest BCUT2D eigenvalue weighted by molar-refractivity contribution is -0.116. The fourth-order valence-electron chi connectivity index (χ4n) is 1.38. The van der Waals surface area contributed by atoms with Gasteiger partial charge in [0.05, 0.1) is 6.10 Å². The van der Waals surface area contributed by atoms with Crippen LogP contribution < -0.4 is 5.43 Å². The topological polar surface area (TPSA) is 66.5 Å². The number of hydrogen-bond donors (Lipinski definition) is 2. The molecule has 0 fully saturated rings. The number of aromatic nitrogens is 1. The van der Waals surface area contributed by atoms with E-state index in [1.165, 1.54) is 0 Å². The molecule has 17 heavy (non-hydrogen) atoms. The van der Waals surface area contributed by atoms with Crippen LogP contribution in [0.5, 0.6) is 0 Å². The molecule has 1 amide bonds. The predicted molar refractivity (Wildman–Crippen MR) is 68.3 cm³/mol. The molecule has 5 nitrogen and oxygen atoms in total. The molecule has 0 spiro atoms. The van der Waals surface area contributed by atoms with Crippen LogP contribution in [0.4, 0.5) is 0 Å². The van der Waals surface area contributed by atoms with Crippen LogP contribution in [0.25, 0.3) is 6.08 Å². The summed E-state index contributed by atoms with van der Waals surface area (Å²) >= 11 is 3.33. The van der Waals surface area contributed by atoms with E-state index in [0.717, 1.165) is 10.2 Å². The first kappa shape index (κ1) is 11.9. The molecule has 2 N–H and O–H groups in total. The molecule has 0 atom stereocenters. The molecule has 1 aliphatic heterocycles. The Balaban J connectivity index is 2.26. The van der Waals surface area contributed by atoms with Gasteiger partial charge in [-0.1, -0.05) is 0 Å². The van der Waals surface area contributed by atoms with Gasteiger partial charge in [0.2, 0.25) is 5.90 Å². The standard InChI is InChI=1S/C11H12BrN3O2/c1-6(2)17-11-9(10(16)14-15-11)4-8-3-7(12)5-13-8/h3-6,13H,1-2H3,(H,14,16)/b9-4-. The van der Waals surface area contributed by atoms with E-state index >= 15 is 0 Å². The Morgan fingerprint density at radius 2 is 2.29 bits per heavy atom. The van der Waals surface area contributed by atoms with Gasteiger partial charge >= 0.3 is 0 Å². The first-order valence-electron chi connectivity index (χ1n) is 5.17. The van der Waals surface area contributed by atoms with Crippen LogP contribution in [0.15, 0.2) is 27.4 Å². The number of halogens is 1. The van der Waals surface area contributed by atoms with Crippen molar-refractivity contribution in [3.8, 4) is 0 Å². The van der Waals surface area contributed by atoms with Crippen molar-refractivity contribution in [3.63, 3.8) is 0 Å². The van der Waals surface area contributed by atoms with E-state index in [1.54, 1.807) is 12.3 Å². The third-order valence-corrected chi connectivity index (χ3v) is 2.51. The minimum absolute atomic E-state index is 0.0276. The number of carbonyl (C=O) groups is 1. The minimum Gasteiger partial charge on any atom is -0.473 e. The molecule has 1 aromatic rings. The van der Waals surface area contributed by atoms with Crippen LogP contribution in [0.1, 0.15) is 19.5 Å². The number of hydrazone groups is 1. The number of amides is 1. The van der Waals surface area contributed by atoms with Crippen molar-refractivity contribution in [2.45, 2.75) is 20.0 Å². The molecule has 1 aliphatic rings. The van der Waals surface area contributed by atoms with Crippen molar-refractivity contribution < 1.29 is 9.53 Å². The summed E-state index contributed by atoms with van der Waals surface area (Å²) in [5.41, 5.74) is 3.62. The SMILES string of the molecule is CC(C)OC1=NNC(=O)/C1=C/c1cc(Br)c[nH]1. The summed E-state index contributed by atoms with van der Waals surface area (Å²) in [5, 5.41) is 3.84. The molecular formula is C11H12BrN3O2. The van der Waals surface area contributed by atoms with Crippen molar-refractivity contribution in [3.05, 3.63) is 28.0 Å². The van der Waals surface area contributed by atoms with Gasteiger partial charge in [-0.15, -0.1) is 5.10 Å². The highest BCUT2D eigenvalue weighted by Crippen LogP contribution is 2.16. The highest BCUT2D eigenvalue weighted by atomic mass is 79.9. The van der Waals surface area contributed by atoms with Gasteiger partial charge < -0.3 is 9.72 Å². The van der Waals surface area contributed by atoms with E-state index < -0.39 is 0 Å². The molecule has 0 unspecified atom stereocenters. The Morgan fingerprint density at radius 1 is 1.53 bits per heavy atom.